The van der Waals surface area contributed by atoms with Crippen molar-refractivity contribution in [3.05, 3.63) is 0 Å². The highest BCUT2D eigenvalue weighted by Gasteiger charge is 2.02. The van der Waals surface area contributed by atoms with Gasteiger partial charge in [-0.3, -0.25) is 0 Å². The second kappa shape index (κ2) is 8.28. The number of hydrogen-bond acceptors (Lipinski definition) is 1. The van der Waals surface area contributed by atoms with Crippen molar-refractivity contribution in [3.8, 4) is 0 Å². The lowest BCUT2D eigenvalue weighted by atomic mass is 10.0. The van der Waals surface area contributed by atoms with E-state index in [1.165, 1.54) is 32.2 Å². The molecular weight excluding hydrogens is 170 g/mol. The first-order valence-corrected chi connectivity index (χ1v) is 6.25. The van der Waals surface area contributed by atoms with E-state index >= 15 is 0 Å². The molecule has 0 heterocycles. The fourth-order valence-electron chi connectivity index (χ4n) is 1.55. The summed E-state index contributed by atoms with van der Waals surface area (Å²) in [5.41, 5.74) is 0. The van der Waals surface area contributed by atoms with E-state index in [-0.39, 0.29) is 0 Å². The van der Waals surface area contributed by atoms with Crippen molar-refractivity contribution in [1.29, 1.82) is 0 Å². The summed E-state index contributed by atoms with van der Waals surface area (Å²) in [5, 5.41) is 3.59. The molecule has 0 aromatic carbocycles. The summed E-state index contributed by atoms with van der Waals surface area (Å²) >= 11 is 0. The Kier molecular flexibility index (Phi) is 8.26. The van der Waals surface area contributed by atoms with Gasteiger partial charge in [-0.05, 0) is 38.1 Å². The Morgan fingerprint density at radius 3 is 1.86 bits per heavy atom. The average molecular weight is 199 g/mol. The molecular formula is C13H29N. The van der Waals surface area contributed by atoms with Crippen LogP contribution in [-0.4, -0.2) is 12.6 Å². The van der Waals surface area contributed by atoms with Gasteiger partial charge in [0.25, 0.3) is 0 Å². The Morgan fingerprint density at radius 2 is 1.36 bits per heavy atom. The molecule has 0 saturated heterocycles. The third-order valence-corrected chi connectivity index (χ3v) is 2.63. The van der Waals surface area contributed by atoms with Crippen molar-refractivity contribution >= 4 is 0 Å². The van der Waals surface area contributed by atoms with Gasteiger partial charge in [-0.25, -0.2) is 0 Å². The van der Waals surface area contributed by atoms with Crippen molar-refractivity contribution in [1.82, 2.24) is 5.32 Å². The van der Waals surface area contributed by atoms with Crippen LogP contribution in [0.3, 0.4) is 0 Å². The zero-order valence-corrected chi connectivity index (χ0v) is 10.8. The molecule has 1 N–H and O–H groups in total. The quantitative estimate of drug-likeness (QED) is 0.626. The molecule has 0 bridgehead atoms. The Hall–Kier alpha value is -0.0400. The van der Waals surface area contributed by atoms with Gasteiger partial charge < -0.3 is 5.32 Å². The molecule has 0 fully saturated rings. The minimum Gasteiger partial charge on any atom is -0.314 e. The minimum atomic E-state index is 0.701. The van der Waals surface area contributed by atoms with E-state index in [9.17, 15) is 0 Å². The summed E-state index contributed by atoms with van der Waals surface area (Å²) < 4.78 is 0. The monoisotopic (exact) mass is 199 g/mol. The van der Waals surface area contributed by atoms with Crippen LogP contribution in [0.5, 0.6) is 0 Å². The molecule has 1 atom stereocenters. The van der Waals surface area contributed by atoms with Crippen LogP contribution < -0.4 is 5.32 Å². The average Bonchev–Trinajstić information content (AvgIpc) is 2.02. The first-order chi connectivity index (χ1) is 6.52. The lowest BCUT2D eigenvalue weighted by molar-refractivity contribution is 0.438. The van der Waals surface area contributed by atoms with Gasteiger partial charge in [0.2, 0.25) is 0 Å². The molecule has 0 saturated carbocycles. The molecule has 0 amide bonds. The highest BCUT2D eigenvalue weighted by Crippen LogP contribution is 2.08. The molecule has 14 heavy (non-hydrogen) atoms. The summed E-state index contributed by atoms with van der Waals surface area (Å²) in [4.78, 5) is 0. The lowest BCUT2D eigenvalue weighted by Crippen LogP contribution is -2.27. The molecule has 0 rings (SSSR count). The van der Waals surface area contributed by atoms with Gasteiger partial charge in [0.1, 0.15) is 0 Å². The number of rotatable bonds is 8. The molecule has 0 aromatic rings. The second-order valence-electron chi connectivity index (χ2n) is 5.36. The van der Waals surface area contributed by atoms with Crippen molar-refractivity contribution in [3.63, 3.8) is 0 Å². The van der Waals surface area contributed by atoms with Gasteiger partial charge in [0, 0.05) is 6.04 Å². The van der Waals surface area contributed by atoms with Crippen LogP contribution in [0.1, 0.15) is 60.3 Å². The van der Waals surface area contributed by atoms with E-state index in [1.807, 2.05) is 0 Å². The van der Waals surface area contributed by atoms with Crippen LogP contribution in [0.15, 0.2) is 0 Å². The van der Waals surface area contributed by atoms with Crippen molar-refractivity contribution in [2.24, 2.45) is 11.8 Å². The first-order valence-electron chi connectivity index (χ1n) is 6.25. The molecule has 86 valence electrons. The first kappa shape index (κ1) is 14.0. The van der Waals surface area contributed by atoms with E-state index < -0.39 is 0 Å². The van der Waals surface area contributed by atoms with Crippen molar-refractivity contribution in [2.45, 2.75) is 66.3 Å². The summed E-state index contributed by atoms with van der Waals surface area (Å²) in [6.07, 6.45) is 5.37. The maximum absolute atomic E-state index is 3.59. The molecule has 1 nitrogen and oxygen atoms in total. The molecule has 1 heteroatoms. The Labute approximate surface area is 90.7 Å². The number of nitrogens with one attached hydrogen (secondary N) is 1. The lowest BCUT2D eigenvalue weighted by Gasteiger charge is -2.15. The standard InChI is InChI=1S/C13H29N/c1-11(2)7-6-8-13(5)14-10-9-12(3)4/h11-14H,6-10H2,1-5H3/t13-/m0/s1. The summed E-state index contributed by atoms with van der Waals surface area (Å²) in [7, 11) is 0. The smallest absolute Gasteiger partial charge is 0.00387 e. The molecule has 0 spiro atoms. The van der Waals surface area contributed by atoms with Crippen LogP contribution in [0.4, 0.5) is 0 Å². The fourth-order valence-corrected chi connectivity index (χ4v) is 1.55. The SMILES string of the molecule is CC(C)CCC[C@H](C)NCCC(C)C. The van der Waals surface area contributed by atoms with Gasteiger partial charge >= 0.3 is 0 Å². The van der Waals surface area contributed by atoms with Crippen LogP contribution in [-0.2, 0) is 0 Å². The van der Waals surface area contributed by atoms with Crippen LogP contribution in [0.2, 0.25) is 0 Å². The Morgan fingerprint density at radius 1 is 0.786 bits per heavy atom. The van der Waals surface area contributed by atoms with E-state index in [0.717, 1.165) is 11.8 Å². The molecule has 0 aromatic heterocycles. The highest BCUT2D eigenvalue weighted by molar-refractivity contribution is 4.62. The normalized spacial score (nSPS) is 13.9. The van der Waals surface area contributed by atoms with Gasteiger partial charge in [0.05, 0.1) is 0 Å². The summed E-state index contributed by atoms with van der Waals surface area (Å²) in [5.74, 6) is 1.68. The Balaban J connectivity index is 3.23. The largest absolute Gasteiger partial charge is 0.314 e. The predicted octanol–water partition coefficient (Wildman–Crippen LogP) is 3.84. The molecule has 0 aliphatic carbocycles. The van der Waals surface area contributed by atoms with Crippen molar-refractivity contribution in [2.75, 3.05) is 6.54 Å². The van der Waals surface area contributed by atoms with Crippen LogP contribution in [0.25, 0.3) is 0 Å². The van der Waals surface area contributed by atoms with E-state index in [1.54, 1.807) is 0 Å². The van der Waals surface area contributed by atoms with Crippen molar-refractivity contribution < 1.29 is 0 Å². The minimum absolute atomic E-state index is 0.701. The van der Waals surface area contributed by atoms with Gasteiger partial charge in [-0.2, -0.15) is 0 Å². The molecule has 0 unspecified atom stereocenters. The number of hydrogen-bond donors (Lipinski definition) is 1. The predicted molar refractivity (Wildman–Crippen MR) is 65.6 cm³/mol. The summed E-state index contributed by atoms with van der Waals surface area (Å²) in [6.45, 7) is 12.7. The van der Waals surface area contributed by atoms with Gasteiger partial charge in [0.15, 0.2) is 0 Å². The topological polar surface area (TPSA) is 12.0 Å². The second-order valence-corrected chi connectivity index (χ2v) is 5.36. The zero-order chi connectivity index (χ0) is 11.0. The Bertz CT molecular complexity index is 104. The van der Waals surface area contributed by atoms with Gasteiger partial charge in [-0.15, -0.1) is 0 Å². The highest BCUT2D eigenvalue weighted by atomic mass is 14.9. The van der Waals surface area contributed by atoms with E-state index in [0.29, 0.717) is 6.04 Å². The summed E-state index contributed by atoms with van der Waals surface area (Å²) in [6, 6.07) is 0.701. The molecule has 0 radical (unpaired) electrons. The zero-order valence-electron chi connectivity index (χ0n) is 10.8. The van der Waals surface area contributed by atoms with Crippen LogP contribution in [0, 0.1) is 11.8 Å². The molecule has 0 aliphatic rings. The van der Waals surface area contributed by atoms with E-state index in [4.69, 9.17) is 0 Å². The van der Waals surface area contributed by atoms with E-state index in [2.05, 4.69) is 39.9 Å². The maximum atomic E-state index is 3.59. The molecule has 0 aliphatic heterocycles. The van der Waals surface area contributed by atoms with Gasteiger partial charge in [-0.1, -0.05) is 40.5 Å². The van der Waals surface area contributed by atoms with Crippen LogP contribution >= 0.6 is 0 Å². The fraction of sp³-hybridized carbons (Fsp3) is 1.00. The third kappa shape index (κ3) is 10.0. The third-order valence-electron chi connectivity index (χ3n) is 2.63. The maximum Gasteiger partial charge on any atom is 0.00387 e.